The number of carbonyl (C=O) groups excluding carboxylic acids is 2. The van der Waals surface area contributed by atoms with E-state index >= 15 is 0 Å². The van der Waals surface area contributed by atoms with Crippen LogP contribution in [-0.2, 0) is 11.2 Å². The second kappa shape index (κ2) is 11.7. The van der Waals surface area contributed by atoms with E-state index in [1.165, 1.54) is 10.4 Å². The van der Waals surface area contributed by atoms with Crippen molar-refractivity contribution in [1.29, 1.82) is 0 Å². The molecule has 0 radical (unpaired) electrons. The van der Waals surface area contributed by atoms with Crippen LogP contribution in [0, 0.1) is 5.92 Å². The molecule has 1 aromatic heterocycles. The van der Waals surface area contributed by atoms with Crippen LogP contribution in [0.4, 0.5) is 0 Å². The summed E-state index contributed by atoms with van der Waals surface area (Å²) in [5, 5.41) is 2.08. The molecule has 206 valence electrons. The third-order valence-corrected chi connectivity index (χ3v) is 8.18. The van der Waals surface area contributed by atoms with Crippen molar-refractivity contribution >= 4 is 23.2 Å². The largest absolute Gasteiger partial charge is 0.491 e. The summed E-state index contributed by atoms with van der Waals surface area (Å²) in [4.78, 5) is 32.2. The Morgan fingerprint density at radius 2 is 1.82 bits per heavy atom. The molecule has 1 unspecified atom stereocenters. The lowest BCUT2D eigenvalue weighted by atomic mass is 10.00. The van der Waals surface area contributed by atoms with Gasteiger partial charge in [0.15, 0.2) is 11.5 Å². The van der Waals surface area contributed by atoms with Gasteiger partial charge in [0, 0.05) is 23.5 Å². The molecule has 5 rings (SSSR count). The minimum absolute atomic E-state index is 0.00448. The molecule has 0 spiro atoms. The van der Waals surface area contributed by atoms with Crippen molar-refractivity contribution < 1.29 is 23.8 Å². The Kier molecular flexibility index (Phi) is 8.12. The molecule has 2 aliphatic heterocycles. The van der Waals surface area contributed by atoms with E-state index in [0.29, 0.717) is 42.7 Å². The normalized spacial score (nSPS) is 15.9. The van der Waals surface area contributed by atoms with Crippen LogP contribution in [0.15, 0.2) is 53.9 Å². The lowest BCUT2D eigenvalue weighted by Crippen LogP contribution is -2.48. The highest BCUT2D eigenvalue weighted by Crippen LogP contribution is 2.35. The number of ether oxygens (including phenoxy) is 3. The van der Waals surface area contributed by atoms with E-state index in [4.69, 9.17) is 14.2 Å². The lowest BCUT2D eigenvalue weighted by molar-refractivity contribution is -0.135. The van der Waals surface area contributed by atoms with E-state index in [2.05, 4.69) is 37.4 Å². The first-order valence-corrected chi connectivity index (χ1v) is 14.5. The van der Waals surface area contributed by atoms with E-state index in [0.717, 1.165) is 17.7 Å². The van der Waals surface area contributed by atoms with Crippen molar-refractivity contribution in [2.45, 2.75) is 46.1 Å². The molecule has 0 fully saturated rings. The molecule has 1 atom stereocenters. The summed E-state index contributed by atoms with van der Waals surface area (Å²) in [7, 11) is 0. The summed E-state index contributed by atoms with van der Waals surface area (Å²) in [5.74, 6) is 2.35. The highest BCUT2D eigenvalue weighted by Gasteiger charge is 2.34. The number of thiophene rings is 1. The maximum absolute atomic E-state index is 13.8. The van der Waals surface area contributed by atoms with Crippen molar-refractivity contribution in [3.8, 4) is 17.2 Å². The monoisotopic (exact) mass is 548 g/mol. The number of benzene rings is 2. The van der Waals surface area contributed by atoms with E-state index in [1.807, 2.05) is 30.9 Å². The van der Waals surface area contributed by atoms with Crippen LogP contribution in [0.1, 0.15) is 66.0 Å². The number of rotatable bonds is 9. The van der Waals surface area contributed by atoms with Gasteiger partial charge in [0.05, 0.1) is 6.04 Å². The van der Waals surface area contributed by atoms with E-state index in [9.17, 15) is 9.59 Å². The zero-order valence-corrected chi connectivity index (χ0v) is 23.8. The SMILES string of the molecule is CC(C)CN(CC(=O)N1CCc2sccc2C1COc1ccc(C(C)C)cc1)C(=O)c1ccc2c(c1)OCO2. The van der Waals surface area contributed by atoms with Gasteiger partial charge in [0.1, 0.15) is 18.9 Å². The summed E-state index contributed by atoms with van der Waals surface area (Å²) < 4.78 is 17.1. The van der Waals surface area contributed by atoms with E-state index < -0.39 is 0 Å². The fraction of sp³-hybridized carbons (Fsp3) is 0.419. The molecule has 3 aromatic rings. The Morgan fingerprint density at radius 3 is 2.56 bits per heavy atom. The molecule has 2 aromatic carbocycles. The number of hydrogen-bond donors (Lipinski definition) is 0. The van der Waals surface area contributed by atoms with Crippen molar-refractivity contribution in [3.63, 3.8) is 0 Å². The molecule has 0 N–H and O–H groups in total. The van der Waals surface area contributed by atoms with Crippen LogP contribution >= 0.6 is 11.3 Å². The van der Waals surface area contributed by atoms with Crippen molar-refractivity contribution in [2.75, 3.05) is 33.0 Å². The van der Waals surface area contributed by atoms with Gasteiger partial charge in [-0.25, -0.2) is 0 Å². The van der Waals surface area contributed by atoms with Gasteiger partial charge >= 0.3 is 0 Å². The first-order valence-electron chi connectivity index (χ1n) is 13.6. The summed E-state index contributed by atoms with van der Waals surface area (Å²) >= 11 is 1.72. The van der Waals surface area contributed by atoms with Gasteiger partial charge in [-0.05, 0) is 71.2 Å². The topological polar surface area (TPSA) is 68.3 Å². The predicted molar refractivity (Wildman–Crippen MR) is 152 cm³/mol. The molecule has 3 heterocycles. The molecule has 0 saturated carbocycles. The minimum atomic E-state index is -0.209. The Bertz CT molecular complexity index is 1320. The van der Waals surface area contributed by atoms with Crippen LogP contribution in [0.5, 0.6) is 17.2 Å². The van der Waals surface area contributed by atoms with E-state index in [1.54, 1.807) is 34.4 Å². The zero-order valence-electron chi connectivity index (χ0n) is 23.0. The molecular weight excluding hydrogens is 512 g/mol. The van der Waals surface area contributed by atoms with Gasteiger partial charge < -0.3 is 24.0 Å². The van der Waals surface area contributed by atoms with Gasteiger partial charge in [-0.2, -0.15) is 0 Å². The molecule has 39 heavy (non-hydrogen) atoms. The highest BCUT2D eigenvalue weighted by molar-refractivity contribution is 7.10. The minimum Gasteiger partial charge on any atom is -0.491 e. The van der Waals surface area contributed by atoms with Crippen LogP contribution in [0.3, 0.4) is 0 Å². The summed E-state index contributed by atoms with van der Waals surface area (Å²) in [6.07, 6.45) is 0.804. The van der Waals surface area contributed by atoms with Crippen LogP contribution in [0.2, 0.25) is 0 Å². The van der Waals surface area contributed by atoms with Gasteiger partial charge in [-0.3, -0.25) is 9.59 Å². The summed E-state index contributed by atoms with van der Waals surface area (Å²) in [5.41, 5.74) is 2.88. The standard InChI is InChI=1S/C31H36N2O5S/c1-20(2)16-32(31(35)23-7-10-27-28(15-23)38-19-37-27)17-30(34)33-13-11-29-25(12-14-39-29)26(33)18-36-24-8-5-22(6-9-24)21(3)4/h5-10,12,14-15,20-21,26H,11,13,16-19H2,1-4H3. The highest BCUT2D eigenvalue weighted by atomic mass is 32.1. The van der Waals surface area contributed by atoms with Gasteiger partial charge in [-0.1, -0.05) is 39.8 Å². The van der Waals surface area contributed by atoms with Crippen molar-refractivity contribution in [2.24, 2.45) is 5.92 Å². The third kappa shape index (κ3) is 6.06. The number of fused-ring (bicyclic) bond motifs is 2. The lowest BCUT2D eigenvalue weighted by Gasteiger charge is -2.37. The molecule has 0 bridgehead atoms. The van der Waals surface area contributed by atoms with Crippen molar-refractivity contribution in [1.82, 2.24) is 9.80 Å². The first kappa shape index (κ1) is 27.1. The summed E-state index contributed by atoms with van der Waals surface area (Å²) in [6.45, 7) is 10.0. The zero-order chi connectivity index (χ0) is 27.5. The van der Waals surface area contributed by atoms with Gasteiger partial charge in [0.2, 0.25) is 12.7 Å². The van der Waals surface area contributed by atoms with Crippen LogP contribution < -0.4 is 14.2 Å². The Hall–Kier alpha value is -3.52. The number of hydrogen-bond acceptors (Lipinski definition) is 6. The van der Waals surface area contributed by atoms with Gasteiger partial charge in [-0.15, -0.1) is 11.3 Å². The maximum atomic E-state index is 13.8. The second-order valence-corrected chi connectivity index (χ2v) is 11.8. The quantitative estimate of drug-likeness (QED) is 0.333. The fourth-order valence-electron chi connectivity index (χ4n) is 5.12. The first-order chi connectivity index (χ1) is 18.8. The predicted octanol–water partition coefficient (Wildman–Crippen LogP) is 5.90. The Morgan fingerprint density at radius 1 is 1.05 bits per heavy atom. The number of nitrogens with zero attached hydrogens (tertiary/aromatic N) is 2. The Labute approximate surface area is 234 Å². The van der Waals surface area contributed by atoms with Crippen LogP contribution in [0.25, 0.3) is 0 Å². The summed E-state index contributed by atoms with van der Waals surface area (Å²) in [6, 6.07) is 15.2. The van der Waals surface area contributed by atoms with Crippen molar-refractivity contribution in [3.05, 3.63) is 75.5 Å². The van der Waals surface area contributed by atoms with E-state index in [-0.39, 0.29) is 37.1 Å². The molecule has 2 aliphatic rings. The van der Waals surface area contributed by atoms with Gasteiger partial charge in [0.25, 0.3) is 5.91 Å². The average molecular weight is 549 g/mol. The Balaban J connectivity index is 1.33. The average Bonchev–Trinajstić information content (AvgIpc) is 3.60. The second-order valence-electron chi connectivity index (χ2n) is 10.8. The molecule has 2 amide bonds. The molecule has 8 heteroatoms. The fourth-order valence-corrected chi connectivity index (χ4v) is 6.05. The molecule has 7 nitrogen and oxygen atoms in total. The number of carbonyl (C=O) groups is 2. The molecule has 0 saturated heterocycles. The molecule has 0 aliphatic carbocycles. The smallest absolute Gasteiger partial charge is 0.254 e. The maximum Gasteiger partial charge on any atom is 0.254 e. The third-order valence-electron chi connectivity index (χ3n) is 7.19. The molecular formula is C31H36N2O5S. The van der Waals surface area contributed by atoms with Crippen LogP contribution in [-0.4, -0.2) is 54.6 Å². The number of amides is 2.